The Morgan fingerprint density at radius 2 is 1.78 bits per heavy atom. The van der Waals surface area contributed by atoms with Gasteiger partial charge in [0.2, 0.25) is 0 Å². The van der Waals surface area contributed by atoms with E-state index in [-0.39, 0.29) is 6.10 Å². The largest absolute Gasteiger partial charge is 0.393 e. The molecule has 0 unspecified atom stereocenters. The number of nitrogens with zero attached hydrogens (tertiary/aromatic N) is 1. The lowest BCUT2D eigenvalue weighted by Gasteiger charge is -2.39. The fourth-order valence-electron chi connectivity index (χ4n) is 3.74. The maximum atomic E-state index is 9.36. The third-order valence-electron chi connectivity index (χ3n) is 4.83. The van der Waals surface area contributed by atoms with E-state index in [0.29, 0.717) is 5.41 Å². The van der Waals surface area contributed by atoms with Crippen molar-refractivity contribution in [2.75, 3.05) is 25.5 Å². The first-order valence-electron chi connectivity index (χ1n) is 7.56. The van der Waals surface area contributed by atoms with Crippen molar-refractivity contribution in [1.82, 2.24) is 4.90 Å². The number of halogens is 1. The topological polar surface area (TPSA) is 23.5 Å². The molecule has 0 aromatic heterocycles. The number of hydrogen-bond acceptors (Lipinski definition) is 2. The number of rotatable bonds is 5. The lowest BCUT2D eigenvalue weighted by Crippen LogP contribution is -2.42. The molecule has 0 aromatic carbocycles. The predicted octanol–water partition coefficient (Wildman–Crippen LogP) is 3.42. The van der Waals surface area contributed by atoms with Crippen LogP contribution in [0.4, 0.5) is 0 Å². The molecular weight excluding hydrogens is 290 g/mol. The molecule has 1 N–H and O–H groups in total. The van der Waals surface area contributed by atoms with Crippen molar-refractivity contribution in [2.45, 2.75) is 57.5 Å². The Labute approximate surface area is 120 Å². The highest BCUT2D eigenvalue weighted by Crippen LogP contribution is 2.38. The van der Waals surface area contributed by atoms with Gasteiger partial charge in [-0.25, -0.2) is 0 Å². The summed E-state index contributed by atoms with van der Waals surface area (Å²) < 4.78 is 0. The molecule has 0 atom stereocenters. The molecule has 2 rings (SSSR count). The van der Waals surface area contributed by atoms with Gasteiger partial charge in [0.1, 0.15) is 0 Å². The van der Waals surface area contributed by atoms with Crippen LogP contribution >= 0.6 is 15.9 Å². The highest BCUT2D eigenvalue weighted by Gasteiger charge is 2.33. The monoisotopic (exact) mass is 317 g/mol. The molecule has 2 aliphatic rings. The highest BCUT2D eigenvalue weighted by molar-refractivity contribution is 9.09. The van der Waals surface area contributed by atoms with E-state index in [1.165, 1.54) is 51.6 Å². The predicted molar refractivity (Wildman–Crippen MR) is 80.2 cm³/mol. The van der Waals surface area contributed by atoms with Crippen LogP contribution in [-0.4, -0.2) is 41.6 Å². The fourth-order valence-corrected chi connectivity index (χ4v) is 4.48. The van der Waals surface area contributed by atoms with Gasteiger partial charge in [-0.2, -0.15) is 0 Å². The molecule has 3 heteroatoms. The van der Waals surface area contributed by atoms with Gasteiger partial charge >= 0.3 is 0 Å². The van der Waals surface area contributed by atoms with Crippen LogP contribution in [0.3, 0.4) is 0 Å². The molecule has 18 heavy (non-hydrogen) atoms. The van der Waals surface area contributed by atoms with Crippen LogP contribution in [0.5, 0.6) is 0 Å². The summed E-state index contributed by atoms with van der Waals surface area (Å²) in [6.45, 7) is 2.40. The van der Waals surface area contributed by atoms with Crippen molar-refractivity contribution >= 4 is 15.9 Å². The molecule has 2 nitrogen and oxygen atoms in total. The third kappa shape index (κ3) is 3.94. The van der Waals surface area contributed by atoms with Gasteiger partial charge in [0, 0.05) is 18.4 Å². The van der Waals surface area contributed by atoms with E-state index in [1.54, 1.807) is 0 Å². The minimum absolute atomic E-state index is 0.00795. The summed E-state index contributed by atoms with van der Waals surface area (Å²) in [7, 11) is 2.26. The van der Waals surface area contributed by atoms with Crippen molar-refractivity contribution in [3.63, 3.8) is 0 Å². The molecule has 0 saturated heterocycles. The zero-order chi connectivity index (χ0) is 13.0. The second-order valence-electron chi connectivity index (χ2n) is 6.74. The molecule has 0 bridgehead atoms. The van der Waals surface area contributed by atoms with E-state index >= 15 is 0 Å². The first-order valence-corrected chi connectivity index (χ1v) is 8.68. The average Bonchev–Trinajstić information content (AvgIpc) is 2.53. The van der Waals surface area contributed by atoms with Gasteiger partial charge < -0.3 is 10.0 Å². The van der Waals surface area contributed by atoms with Crippen LogP contribution < -0.4 is 0 Å². The second-order valence-corrected chi connectivity index (χ2v) is 7.30. The van der Waals surface area contributed by atoms with Crippen molar-refractivity contribution in [1.29, 1.82) is 0 Å². The molecule has 2 fully saturated rings. The number of hydrogen-bond donors (Lipinski definition) is 1. The molecule has 0 amide bonds. The Morgan fingerprint density at radius 3 is 2.28 bits per heavy atom. The maximum Gasteiger partial charge on any atom is 0.0546 e. The van der Waals surface area contributed by atoms with Gasteiger partial charge in [-0.05, 0) is 44.1 Å². The van der Waals surface area contributed by atoms with E-state index < -0.39 is 0 Å². The number of alkyl halides is 1. The molecule has 2 aliphatic carbocycles. The minimum atomic E-state index is -0.00795. The van der Waals surface area contributed by atoms with E-state index in [0.717, 1.165) is 24.1 Å². The SMILES string of the molecule is CN(CC1CC(O)C1)CC1(CBr)CCCCCC1. The highest BCUT2D eigenvalue weighted by atomic mass is 79.9. The fraction of sp³-hybridized carbons (Fsp3) is 1.00. The molecule has 0 aromatic rings. The zero-order valence-corrected chi connectivity index (χ0v) is 13.3. The van der Waals surface area contributed by atoms with E-state index in [1.807, 2.05) is 0 Å². The van der Waals surface area contributed by atoms with Crippen LogP contribution in [0.2, 0.25) is 0 Å². The van der Waals surface area contributed by atoms with Gasteiger partial charge in [-0.15, -0.1) is 0 Å². The first kappa shape index (κ1) is 14.8. The lowest BCUT2D eigenvalue weighted by molar-refractivity contribution is 0.0220. The molecule has 106 valence electrons. The summed E-state index contributed by atoms with van der Waals surface area (Å²) in [5.41, 5.74) is 0.508. The zero-order valence-electron chi connectivity index (χ0n) is 11.7. The van der Waals surface area contributed by atoms with Gasteiger partial charge in [0.25, 0.3) is 0 Å². The number of aliphatic hydroxyl groups is 1. The van der Waals surface area contributed by atoms with Crippen LogP contribution in [0.15, 0.2) is 0 Å². The van der Waals surface area contributed by atoms with E-state index in [4.69, 9.17) is 0 Å². The average molecular weight is 318 g/mol. The lowest BCUT2D eigenvalue weighted by atomic mass is 9.80. The van der Waals surface area contributed by atoms with Crippen molar-refractivity contribution in [3.05, 3.63) is 0 Å². The quantitative estimate of drug-likeness (QED) is 0.620. The summed E-state index contributed by atoms with van der Waals surface area (Å²) in [6, 6.07) is 0. The standard InChI is InChI=1S/C15H28BrNO/c1-17(10-13-8-14(18)9-13)12-15(11-16)6-4-2-3-5-7-15/h13-14,18H,2-12H2,1H3. The van der Waals surface area contributed by atoms with Crippen molar-refractivity contribution < 1.29 is 5.11 Å². The summed E-state index contributed by atoms with van der Waals surface area (Å²) in [5, 5.41) is 10.5. The first-order chi connectivity index (χ1) is 8.63. The van der Waals surface area contributed by atoms with E-state index in [9.17, 15) is 5.11 Å². The molecule has 0 spiro atoms. The van der Waals surface area contributed by atoms with Crippen LogP contribution in [-0.2, 0) is 0 Å². The van der Waals surface area contributed by atoms with Gasteiger partial charge in [0.15, 0.2) is 0 Å². The summed E-state index contributed by atoms with van der Waals surface area (Å²) in [6.07, 6.45) is 10.5. The van der Waals surface area contributed by atoms with Crippen LogP contribution in [0.25, 0.3) is 0 Å². The van der Waals surface area contributed by atoms with Crippen LogP contribution in [0, 0.1) is 11.3 Å². The normalized spacial score (nSPS) is 32.0. The Balaban J connectivity index is 1.80. The molecule has 0 heterocycles. The summed E-state index contributed by atoms with van der Waals surface area (Å²) in [5.74, 6) is 0.739. The van der Waals surface area contributed by atoms with Crippen molar-refractivity contribution in [3.8, 4) is 0 Å². The van der Waals surface area contributed by atoms with Gasteiger partial charge in [0.05, 0.1) is 6.10 Å². The molecule has 0 aliphatic heterocycles. The molecular formula is C15H28BrNO. The Kier molecular flexibility index (Phi) is 5.52. The second kappa shape index (κ2) is 6.71. The van der Waals surface area contributed by atoms with E-state index in [2.05, 4.69) is 27.9 Å². The Hall–Kier alpha value is 0.400. The third-order valence-corrected chi connectivity index (χ3v) is 6.02. The smallest absolute Gasteiger partial charge is 0.0546 e. The Morgan fingerprint density at radius 1 is 1.17 bits per heavy atom. The minimum Gasteiger partial charge on any atom is -0.393 e. The summed E-state index contributed by atoms with van der Waals surface area (Å²) in [4.78, 5) is 2.52. The van der Waals surface area contributed by atoms with Crippen LogP contribution in [0.1, 0.15) is 51.4 Å². The summed E-state index contributed by atoms with van der Waals surface area (Å²) >= 11 is 3.77. The maximum absolute atomic E-state index is 9.36. The van der Waals surface area contributed by atoms with Gasteiger partial charge in [-0.3, -0.25) is 0 Å². The van der Waals surface area contributed by atoms with Gasteiger partial charge in [-0.1, -0.05) is 41.6 Å². The van der Waals surface area contributed by atoms with Crippen molar-refractivity contribution in [2.24, 2.45) is 11.3 Å². The Bertz CT molecular complexity index is 245. The number of aliphatic hydroxyl groups excluding tert-OH is 1. The molecule has 0 radical (unpaired) electrons. The molecule has 2 saturated carbocycles.